The van der Waals surface area contributed by atoms with Gasteiger partial charge in [-0.05, 0) is 29.8 Å². The maximum Gasteiger partial charge on any atom is 0.216 e. The van der Waals surface area contributed by atoms with Crippen molar-refractivity contribution in [3.63, 3.8) is 0 Å². The lowest BCUT2D eigenvalue weighted by Gasteiger charge is -2.41. The molecule has 0 spiro atoms. The third-order valence-corrected chi connectivity index (χ3v) is 5.59. The Kier molecular flexibility index (Phi) is 3.99. The molecule has 0 unspecified atom stereocenters. The Balaban J connectivity index is 1.42. The highest BCUT2D eigenvalue weighted by Gasteiger charge is 2.35. The van der Waals surface area contributed by atoms with E-state index in [-0.39, 0.29) is 6.17 Å². The van der Waals surface area contributed by atoms with Crippen LogP contribution >= 0.6 is 0 Å². The van der Waals surface area contributed by atoms with Gasteiger partial charge in [-0.25, -0.2) is 9.98 Å². The number of pyridine rings is 1. The van der Waals surface area contributed by atoms with Gasteiger partial charge in [0.1, 0.15) is 6.17 Å². The minimum Gasteiger partial charge on any atom is -0.331 e. The van der Waals surface area contributed by atoms with Crippen LogP contribution in [-0.4, -0.2) is 38.7 Å². The first kappa shape index (κ1) is 17.2. The summed E-state index contributed by atoms with van der Waals surface area (Å²) in [5.41, 5.74) is 4.31. The third-order valence-electron chi connectivity index (χ3n) is 5.59. The highest BCUT2D eigenvalue weighted by atomic mass is 15.5. The molecular weight excluding hydrogens is 374 g/mol. The predicted molar refractivity (Wildman–Crippen MR) is 117 cm³/mol. The molecule has 0 saturated heterocycles. The Labute approximate surface area is 174 Å². The Morgan fingerprint density at radius 1 is 0.933 bits per heavy atom. The molecule has 2 aliphatic heterocycles. The van der Waals surface area contributed by atoms with E-state index in [9.17, 15) is 0 Å². The molecule has 6 rings (SSSR count). The molecule has 2 aliphatic rings. The van der Waals surface area contributed by atoms with Gasteiger partial charge in [0, 0.05) is 12.7 Å². The average Bonchev–Trinajstić information content (AvgIpc) is 3.20. The topological polar surface area (TPSA) is 61.6 Å². The van der Waals surface area contributed by atoms with E-state index in [1.165, 1.54) is 5.56 Å². The standard InChI is InChI=1S/C23H21N7/c1-2-8-17(9-3-1)21-27-22-25-15-28(14-18-10-6-7-13-24-18)16-29(22)23-26-19-11-4-5-12-20(19)30(21)23/h1-13,21H,14-16H2,(H,25,27)/t21-/m0/s1. The molecule has 148 valence electrons. The summed E-state index contributed by atoms with van der Waals surface area (Å²) in [6.07, 6.45) is 1.78. The van der Waals surface area contributed by atoms with E-state index in [1.807, 2.05) is 36.5 Å². The van der Waals surface area contributed by atoms with Crippen molar-refractivity contribution in [1.82, 2.24) is 24.8 Å². The van der Waals surface area contributed by atoms with Crippen molar-refractivity contribution >= 4 is 22.9 Å². The predicted octanol–water partition coefficient (Wildman–Crippen LogP) is 3.17. The van der Waals surface area contributed by atoms with Gasteiger partial charge in [-0.3, -0.25) is 19.4 Å². The van der Waals surface area contributed by atoms with E-state index in [0.717, 1.165) is 35.2 Å². The van der Waals surface area contributed by atoms with Crippen LogP contribution in [0.25, 0.3) is 11.0 Å². The van der Waals surface area contributed by atoms with Crippen molar-refractivity contribution in [3.8, 4) is 0 Å². The van der Waals surface area contributed by atoms with E-state index in [0.29, 0.717) is 13.3 Å². The SMILES string of the molecule is c1ccc([C@H]2NC3=NCN(Cc4ccccn4)CN3c3nc4ccccc4n32)cc1. The normalized spacial score (nSPS) is 18.5. The zero-order chi connectivity index (χ0) is 19.9. The molecule has 0 saturated carbocycles. The lowest BCUT2D eigenvalue weighted by molar-refractivity contribution is 0.261. The Morgan fingerprint density at radius 3 is 2.63 bits per heavy atom. The molecule has 7 heteroatoms. The van der Waals surface area contributed by atoms with Crippen molar-refractivity contribution in [2.45, 2.75) is 12.7 Å². The van der Waals surface area contributed by atoms with Crippen molar-refractivity contribution in [2.75, 3.05) is 18.2 Å². The van der Waals surface area contributed by atoms with Gasteiger partial charge in [0.05, 0.1) is 30.1 Å². The summed E-state index contributed by atoms with van der Waals surface area (Å²) in [6.45, 7) is 2.07. The summed E-state index contributed by atoms with van der Waals surface area (Å²) in [6, 6.07) is 24.8. The number of nitrogens with zero attached hydrogens (tertiary/aromatic N) is 6. The second kappa shape index (κ2) is 6.96. The van der Waals surface area contributed by atoms with Crippen LogP contribution < -0.4 is 10.2 Å². The molecule has 4 aromatic rings. The summed E-state index contributed by atoms with van der Waals surface area (Å²) in [4.78, 5) is 18.7. The second-order valence-corrected chi connectivity index (χ2v) is 7.57. The van der Waals surface area contributed by atoms with E-state index in [4.69, 9.17) is 9.98 Å². The fourth-order valence-electron chi connectivity index (χ4n) is 4.20. The van der Waals surface area contributed by atoms with Gasteiger partial charge >= 0.3 is 0 Å². The maximum atomic E-state index is 4.98. The Hall–Kier alpha value is -3.71. The number of guanidine groups is 1. The van der Waals surface area contributed by atoms with E-state index in [1.54, 1.807) is 0 Å². The fraction of sp³-hybridized carbons (Fsp3) is 0.174. The van der Waals surface area contributed by atoms with Gasteiger partial charge in [0.25, 0.3) is 0 Å². The first-order chi connectivity index (χ1) is 14.9. The molecule has 0 radical (unpaired) electrons. The van der Waals surface area contributed by atoms with Gasteiger partial charge in [0.15, 0.2) is 0 Å². The second-order valence-electron chi connectivity index (χ2n) is 7.57. The zero-order valence-corrected chi connectivity index (χ0v) is 16.4. The highest BCUT2D eigenvalue weighted by molar-refractivity contribution is 5.98. The van der Waals surface area contributed by atoms with E-state index in [2.05, 4.69) is 67.1 Å². The van der Waals surface area contributed by atoms with Crippen LogP contribution in [0.15, 0.2) is 84.0 Å². The number of anilines is 1. The Bertz CT molecular complexity index is 1220. The molecule has 0 amide bonds. The molecule has 2 aromatic heterocycles. The number of rotatable bonds is 3. The minimum absolute atomic E-state index is 0.0501. The number of para-hydroxylation sites is 2. The van der Waals surface area contributed by atoms with Crippen LogP contribution in [-0.2, 0) is 6.54 Å². The lowest BCUT2D eigenvalue weighted by Crippen LogP contribution is -2.57. The van der Waals surface area contributed by atoms with Crippen LogP contribution in [0.1, 0.15) is 17.4 Å². The number of imidazole rings is 1. The number of fused-ring (bicyclic) bond motifs is 5. The number of hydrogen-bond donors (Lipinski definition) is 1. The monoisotopic (exact) mass is 395 g/mol. The fourth-order valence-corrected chi connectivity index (χ4v) is 4.20. The quantitative estimate of drug-likeness (QED) is 0.577. The minimum atomic E-state index is -0.0501. The summed E-state index contributed by atoms with van der Waals surface area (Å²) >= 11 is 0. The van der Waals surface area contributed by atoms with Crippen molar-refractivity contribution in [3.05, 3.63) is 90.3 Å². The summed E-state index contributed by atoms with van der Waals surface area (Å²) < 4.78 is 2.27. The van der Waals surface area contributed by atoms with Gasteiger partial charge in [-0.1, -0.05) is 48.5 Å². The number of aliphatic imine (C=N–C) groups is 1. The zero-order valence-electron chi connectivity index (χ0n) is 16.4. The van der Waals surface area contributed by atoms with Crippen LogP contribution in [0, 0.1) is 0 Å². The molecule has 0 aliphatic carbocycles. The van der Waals surface area contributed by atoms with Crippen LogP contribution in [0.4, 0.5) is 5.95 Å². The summed E-state index contributed by atoms with van der Waals surface area (Å²) in [7, 11) is 0. The average molecular weight is 395 g/mol. The third kappa shape index (κ3) is 2.83. The van der Waals surface area contributed by atoms with Crippen molar-refractivity contribution < 1.29 is 0 Å². The summed E-state index contributed by atoms with van der Waals surface area (Å²) in [5, 5.41) is 3.65. The highest BCUT2D eigenvalue weighted by Crippen LogP contribution is 2.33. The van der Waals surface area contributed by atoms with Crippen molar-refractivity contribution in [2.24, 2.45) is 4.99 Å². The molecule has 1 atom stereocenters. The molecule has 0 fully saturated rings. The lowest BCUT2D eigenvalue weighted by atomic mass is 10.1. The molecule has 30 heavy (non-hydrogen) atoms. The maximum absolute atomic E-state index is 4.98. The van der Waals surface area contributed by atoms with Crippen LogP contribution in [0.5, 0.6) is 0 Å². The number of benzene rings is 2. The molecule has 2 aromatic carbocycles. The number of hydrogen-bond acceptors (Lipinski definition) is 6. The first-order valence-electron chi connectivity index (χ1n) is 10.1. The smallest absolute Gasteiger partial charge is 0.216 e. The van der Waals surface area contributed by atoms with Gasteiger partial charge in [0.2, 0.25) is 11.9 Å². The largest absolute Gasteiger partial charge is 0.331 e. The molecule has 4 heterocycles. The number of aromatic nitrogens is 3. The number of nitrogens with one attached hydrogen (secondary N) is 1. The molecule has 1 N–H and O–H groups in total. The van der Waals surface area contributed by atoms with E-state index >= 15 is 0 Å². The molecule has 0 bridgehead atoms. The Morgan fingerprint density at radius 2 is 1.77 bits per heavy atom. The van der Waals surface area contributed by atoms with Crippen LogP contribution in [0.3, 0.4) is 0 Å². The molecule has 7 nitrogen and oxygen atoms in total. The summed E-state index contributed by atoms with van der Waals surface area (Å²) in [5.74, 6) is 1.78. The van der Waals surface area contributed by atoms with Gasteiger partial charge in [-0.15, -0.1) is 0 Å². The van der Waals surface area contributed by atoms with Gasteiger partial charge in [-0.2, -0.15) is 0 Å². The van der Waals surface area contributed by atoms with E-state index < -0.39 is 0 Å². The van der Waals surface area contributed by atoms with Gasteiger partial charge < -0.3 is 5.32 Å². The van der Waals surface area contributed by atoms with Crippen molar-refractivity contribution in [1.29, 1.82) is 0 Å². The first-order valence-corrected chi connectivity index (χ1v) is 10.1. The molecular formula is C23H21N7. The van der Waals surface area contributed by atoms with Crippen LogP contribution in [0.2, 0.25) is 0 Å².